The molecule has 0 aliphatic carbocycles. The molecule has 8 heteroatoms. The first kappa shape index (κ1) is 18.9. The molecule has 2 aromatic carbocycles. The lowest BCUT2D eigenvalue weighted by Crippen LogP contribution is -2.28. The number of amides is 1. The topological polar surface area (TPSA) is 90.7 Å². The van der Waals surface area contributed by atoms with Crippen LogP contribution in [-0.4, -0.2) is 25.6 Å². The molecule has 6 nitrogen and oxygen atoms in total. The Bertz CT molecular complexity index is 779. The zero-order chi connectivity index (χ0) is 18.4. The average molecular weight is 383 g/mol. The van der Waals surface area contributed by atoms with Crippen LogP contribution in [0.15, 0.2) is 36.4 Å². The molecule has 0 aromatic heterocycles. The Morgan fingerprint density at radius 1 is 1.16 bits per heavy atom. The summed E-state index contributed by atoms with van der Waals surface area (Å²) < 4.78 is 10.1. The highest BCUT2D eigenvalue weighted by Crippen LogP contribution is 2.29. The Kier molecular flexibility index (Phi) is 6.50. The number of ether oxygens (including phenoxy) is 2. The van der Waals surface area contributed by atoms with Crippen LogP contribution in [0.5, 0.6) is 5.75 Å². The van der Waals surface area contributed by atoms with Crippen molar-refractivity contribution in [3.8, 4) is 5.75 Å². The van der Waals surface area contributed by atoms with Gasteiger partial charge in [-0.1, -0.05) is 35.3 Å². The van der Waals surface area contributed by atoms with Gasteiger partial charge in [-0.3, -0.25) is 4.79 Å². The molecule has 0 saturated heterocycles. The summed E-state index contributed by atoms with van der Waals surface area (Å²) in [6, 6.07) is 9.77. The van der Waals surface area contributed by atoms with Gasteiger partial charge in [0.05, 0.1) is 17.8 Å². The molecule has 2 aromatic rings. The SMILES string of the molecule is COc1cc(N)c(Cl)cc1C(=O)OCC(=O)NCc1ccc(Cl)cc1. The maximum absolute atomic E-state index is 12.1. The summed E-state index contributed by atoms with van der Waals surface area (Å²) >= 11 is 11.7. The third kappa shape index (κ3) is 5.27. The molecule has 0 bridgehead atoms. The summed E-state index contributed by atoms with van der Waals surface area (Å²) in [4.78, 5) is 23.9. The number of carbonyl (C=O) groups is 2. The van der Waals surface area contributed by atoms with Crippen LogP contribution in [0, 0.1) is 0 Å². The fourth-order valence-corrected chi connectivity index (χ4v) is 2.25. The number of halogens is 2. The standard InChI is InChI=1S/C17H16Cl2N2O4/c1-24-15-7-14(20)13(19)6-12(15)17(23)25-9-16(22)21-8-10-2-4-11(18)5-3-10/h2-7H,8-9,20H2,1H3,(H,21,22). The number of nitrogens with one attached hydrogen (secondary N) is 1. The molecule has 0 aliphatic rings. The van der Waals surface area contributed by atoms with Crippen molar-refractivity contribution in [3.05, 3.63) is 57.6 Å². The van der Waals surface area contributed by atoms with Crippen LogP contribution in [0.25, 0.3) is 0 Å². The first-order chi connectivity index (χ1) is 11.9. The second-order valence-corrected chi connectivity index (χ2v) is 5.90. The first-order valence-corrected chi connectivity index (χ1v) is 7.97. The molecule has 3 N–H and O–H groups in total. The molecule has 0 spiro atoms. The summed E-state index contributed by atoms with van der Waals surface area (Å²) in [5, 5.41) is 3.44. The number of rotatable bonds is 6. The van der Waals surface area contributed by atoms with Crippen molar-refractivity contribution >= 4 is 40.8 Å². The molecule has 1 amide bonds. The molecule has 0 fully saturated rings. The van der Waals surface area contributed by atoms with E-state index in [1.807, 2.05) is 0 Å². The minimum absolute atomic E-state index is 0.0900. The zero-order valence-electron chi connectivity index (χ0n) is 13.3. The van der Waals surface area contributed by atoms with Gasteiger partial charge in [0.2, 0.25) is 0 Å². The Hall–Kier alpha value is -2.44. The minimum atomic E-state index is -0.736. The highest BCUT2D eigenvalue weighted by atomic mass is 35.5. The monoisotopic (exact) mass is 382 g/mol. The zero-order valence-corrected chi connectivity index (χ0v) is 14.9. The number of hydrogen-bond donors (Lipinski definition) is 2. The highest BCUT2D eigenvalue weighted by Gasteiger charge is 2.17. The third-order valence-electron chi connectivity index (χ3n) is 3.28. The van der Waals surface area contributed by atoms with Gasteiger partial charge in [-0.25, -0.2) is 4.79 Å². The second-order valence-electron chi connectivity index (χ2n) is 5.05. The fourth-order valence-electron chi connectivity index (χ4n) is 1.96. The predicted molar refractivity (Wildman–Crippen MR) is 96.0 cm³/mol. The van der Waals surface area contributed by atoms with Gasteiger partial charge < -0.3 is 20.5 Å². The molecule has 0 aliphatic heterocycles. The minimum Gasteiger partial charge on any atom is -0.496 e. The normalized spacial score (nSPS) is 10.2. The van der Waals surface area contributed by atoms with Crippen LogP contribution in [0.4, 0.5) is 5.69 Å². The van der Waals surface area contributed by atoms with Gasteiger partial charge >= 0.3 is 5.97 Å². The van der Waals surface area contributed by atoms with E-state index >= 15 is 0 Å². The number of carbonyl (C=O) groups excluding carboxylic acids is 2. The largest absolute Gasteiger partial charge is 0.496 e. The molecule has 25 heavy (non-hydrogen) atoms. The average Bonchev–Trinajstić information content (AvgIpc) is 2.61. The molecular formula is C17H16Cl2N2O4. The molecule has 0 heterocycles. The number of benzene rings is 2. The van der Waals surface area contributed by atoms with Crippen molar-refractivity contribution in [3.63, 3.8) is 0 Å². The predicted octanol–water partition coefficient (Wildman–Crippen LogP) is 3.06. The Labute approximate surface area is 154 Å². The van der Waals surface area contributed by atoms with Gasteiger partial charge in [-0.05, 0) is 23.8 Å². The lowest BCUT2D eigenvalue weighted by Gasteiger charge is -2.11. The van der Waals surface area contributed by atoms with Gasteiger partial charge in [0.1, 0.15) is 11.3 Å². The molecule has 2 rings (SSSR count). The number of esters is 1. The van der Waals surface area contributed by atoms with E-state index in [0.29, 0.717) is 11.6 Å². The molecule has 0 radical (unpaired) electrons. The number of nitrogens with two attached hydrogens (primary N) is 1. The number of anilines is 1. The van der Waals surface area contributed by atoms with E-state index in [0.717, 1.165) is 5.56 Å². The Morgan fingerprint density at radius 3 is 2.48 bits per heavy atom. The van der Waals surface area contributed by atoms with E-state index < -0.39 is 18.5 Å². The Balaban J connectivity index is 1.90. The van der Waals surface area contributed by atoms with Crippen LogP contribution in [0.1, 0.15) is 15.9 Å². The van der Waals surface area contributed by atoms with Gasteiger partial charge in [0.25, 0.3) is 5.91 Å². The summed E-state index contributed by atoms with van der Waals surface area (Å²) in [6.45, 7) is -0.137. The first-order valence-electron chi connectivity index (χ1n) is 7.22. The summed E-state index contributed by atoms with van der Waals surface area (Å²) in [5.41, 5.74) is 6.89. The summed E-state index contributed by atoms with van der Waals surface area (Å²) in [7, 11) is 1.39. The fraction of sp³-hybridized carbons (Fsp3) is 0.176. The number of hydrogen-bond acceptors (Lipinski definition) is 5. The van der Waals surface area contributed by atoms with E-state index in [4.69, 9.17) is 38.4 Å². The summed E-state index contributed by atoms with van der Waals surface area (Å²) in [5.74, 6) is -0.960. The lowest BCUT2D eigenvalue weighted by molar-refractivity contribution is -0.124. The van der Waals surface area contributed by atoms with Crippen molar-refractivity contribution in [1.82, 2.24) is 5.32 Å². The second kappa shape index (κ2) is 8.60. The van der Waals surface area contributed by atoms with Crippen molar-refractivity contribution in [1.29, 1.82) is 0 Å². The van der Waals surface area contributed by atoms with Gasteiger partial charge in [-0.2, -0.15) is 0 Å². The van der Waals surface area contributed by atoms with Crippen molar-refractivity contribution < 1.29 is 19.1 Å². The van der Waals surface area contributed by atoms with E-state index in [9.17, 15) is 9.59 Å². The van der Waals surface area contributed by atoms with Crippen LogP contribution < -0.4 is 15.8 Å². The number of methoxy groups -OCH3 is 1. The van der Waals surface area contributed by atoms with E-state index in [1.165, 1.54) is 19.2 Å². The lowest BCUT2D eigenvalue weighted by atomic mass is 10.2. The molecule has 0 atom stereocenters. The smallest absolute Gasteiger partial charge is 0.342 e. The van der Waals surface area contributed by atoms with E-state index in [2.05, 4.69) is 5.32 Å². The van der Waals surface area contributed by atoms with Gasteiger partial charge in [0.15, 0.2) is 6.61 Å². The quantitative estimate of drug-likeness (QED) is 0.591. The van der Waals surface area contributed by atoms with Crippen LogP contribution in [-0.2, 0) is 16.1 Å². The maximum Gasteiger partial charge on any atom is 0.342 e. The van der Waals surface area contributed by atoms with E-state index in [1.54, 1.807) is 24.3 Å². The molecular weight excluding hydrogens is 367 g/mol. The third-order valence-corrected chi connectivity index (χ3v) is 3.86. The Morgan fingerprint density at radius 2 is 1.84 bits per heavy atom. The summed E-state index contributed by atoms with van der Waals surface area (Å²) in [6.07, 6.45) is 0. The van der Waals surface area contributed by atoms with Crippen molar-refractivity contribution in [2.75, 3.05) is 19.5 Å². The number of nitrogen functional groups attached to an aromatic ring is 1. The van der Waals surface area contributed by atoms with Crippen LogP contribution >= 0.6 is 23.2 Å². The molecule has 132 valence electrons. The van der Waals surface area contributed by atoms with Crippen molar-refractivity contribution in [2.24, 2.45) is 0 Å². The van der Waals surface area contributed by atoms with Crippen LogP contribution in [0.3, 0.4) is 0 Å². The molecule has 0 unspecified atom stereocenters. The van der Waals surface area contributed by atoms with Gasteiger partial charge in [-0.15, -0.1) is 0 Å². The molecule has 0 saturated carbocycles. The maximum atomic E-state index is 12.1. The highest BCUT2D eigenvalue weighted by molar-refractivity contribution is 6.33. The van der Waals surface area contributed by atoms with Gasteiger partial charge in [0, 0.05) is 17.6 Å². The van der Waals surface area contributed by atoms with E-state index in [-0.39, 0.29) is 22.0 Å². The van der Waals surface area contributed by atoms with Crippen LogP contribution in [0.2, 0.25) is 10.0 Å². The van der Waals surface area contributed by atoms with Crippen molar-refractivity contribution in [2.45, 2.75) is 6.54 Å².